The molecule has 100 valence electrons. The summed E-state index contributed by atoms with van der Waals surface area (Å²) in [7, 11) is 0. The number of amides is 1. The van der Waals surface area contributed by atoms with Gasteiger partial charge >= 0.3 is 0 Å². The van der Waals surface area contributed by atoms with Gasteiger partial charge in [0.05, 0.1) is 12.2 Å². The Hall–Kier alpha value is -1.69. The zero-order valence-corrected chi connectivity index (χ0v) is 10.6. The third-order valence-corrected chi connectivity index (χ3v) is 2.50. The van der Waals surface area contributed by atoms with Crippen LogP contribution in [0.1, 0.15) is 24.2 Å². The van der Waals surface area contributed by atoms with Crippen LogP contribution in [0.4, 0.5) is 10.2 Å². The Labute approximate surface area is 106 Å². The van der Waals surface area contributed by atoms with Gasteiger partial charge in [0, 0.05) is 25.8 Å². The smallest absolute Gasteiger partial charge is 0.257 e. The number of hydrogen-bond donors (Lipinski definition) is 2. The summed E-state index contributed by atoms with van der Waals surface area (Å²) >= 11 is 0. The van der Waals surface area contributed by atoms with Crippen molar-refractivity contribution in [1.82, 2.24) is 9.88 Å². The second kappa shape index (κ2) is 6.90. The fraction of sp³-hybridized carbons (Fsp3) is 0.500. The Morgan fingerprint density at radius 2 is 2.28 bits per heavy atom. The molecule has 0 aliphatic heterocycles. The predicted octanol–water partition coefficient (Wildman–Crippen LogP) is 1.11. The molecular formula is C12H18FN3O2. The van der Waals surface area contributed by atoms with E-state index in [0.29, 0.717) is 13.1 Å². The summed E-state index contributed by atoms with van der Waals surface area (Å²) in [4.78, 5) is 17.3. The van der Waals surface area contributed by atoms with Crippen molar-refractivity contribution in [2.45, 2.75) is 13.8 Å². The van der Waals surface area contributed by atoms with Crippen LogP contribution in [0, 0.1) is 5.82 Å². The van der Waals surface area contributed by atoms with Gasteiger partial charge in [0.15, 0.2) is 11.6 Å². The molecule has 1 heterocycles. The number of nitrogens with one attached hydrogen (secondary N) is 1. The Morgan fingerprint density at radius 1 is 1.56 bits per heavy atom. The van der Waals surface area contributed by atoms with Gasteiger partial charge in [-0.1, -0.05) is 0 Å². The van der Waals surface area contributed by atoms with Crippen LogP contribution in [0.25, 0.3) is 0 Å². The molecule has 1 aromatic heterocycles. The molecule has 0 aromatic carbocycles. The van der Waals surface area contributed by atoms with Gasteiger partial charge in [-0.15, -0.1) is 0 Å². The highest BCUT2D eigenvalue weighted by atomic mass is 19.1. The van der Waals surface area contributed by atoms with Crippen LogP contribution < -0.4 is 5.32 Å². The van der Waals surface area contributed by atoms with Crippen LogP contribution in [0.15, 0.2) is 12.3 Å². The molecule has 0 aliphatic carbocycles. The predicted molar refractivity (Wildman–Crippen MR) is 67.0 cm³/mol. The molecule has 0 atom stereocenters. The van der Waals surface area contributed by atoms with Crippen LogP contribution >= 0.6 is 0 Å². The molecule has 1 aromatic rings. The molecule has 0 saturated carbocycles. The van der Waals surface area contributed by atoms with Crippen molar-refractivity contribution in [2.24, 2.45) is 0 Å². The van der Waals surface area contributed by atoms with Crippen molar-refractivity contribution in [3.05, 3.63) is 23.6 Å². The van der Waals surface area contributed by atoms with Crippen LogP contribution in [0.5, 0.6) is 0 Å². The van der Waals surface area contributed by atoms with Crippen molar-refractivity contribution in [2.75, 3.05) is 31.6 Å². The third-order valence-electron chi connectivity index (χ3n) is 2.50. The Morgan fingerprint density at radius 3 is 2.83 bits per heavy atom. The molecule has 5 nitrogen and oxygen atoms in total. The summed E-state index contributed by atoms with van der Waals surface area (Å²) in [6, 6.07) is 1.35. The second-order valence-electron chi connectivity index (χ2n) is 3.66. The quantitative estimate of drug-likeness (QED) is 0.799. The lowest BCUT2D eigenvalue weighted by Gasteiger charge is -2.20. The second-order valence-corrected chi connectivity index (χ2v) is 3.66. The van der Waals surface area contributed by atoms with Crippen LogP contribution in [0.2, 0.25) is 0 Å². The maximum atomic E-state index is 14.0. The standard InChI is InChI=1S/C12H18FN3O2/c1-3-14-11-10(13)9(5-6-15-11)12(18)16(4-2)7-8-17/h5-6,17H,3-4,7-8H2,1-2H3,(H,14,15). The van der Waals surface area contributed by atoms with Crippen molar-refractivity contribution < 1.29 is 14.3 Å². The highest BCUT2D eigenvalue weighted by molar-refractivity contribution is 5.95. The van der Waals surface area contributed by atoms with Crippen molar-refractivity contribution >= 4 is 11.7 Å². The van der Waals surface area contributed by atoms with Crippen LogP contribution in [0.3, 0.4) is 0 Å². The van der Waals surface area contributed by atoms with Crippen molar-refractivity contribution in [1.29, 1.82) is 0 Å². The first-order valence-corrected chi connectivity index (χ1v) is 5.94. The van der Waals surface area contributed by atoms with Gasteiger partial charge < -0.3 is 15.3 Å². The topological polar surface area (TPSA) is 65.5 Å². The molecule has 0 aliphatic rings. The Bertz CT molecular complexity index is 412. The molecule has 0 unspecified atom stereocenters. The molecule has 0 fully saturated rings. The summed E-state index contributed by atoms with van der Waals surface area (Å²) in [5.74, 6) is -1.02. The minimum absolute atomic E-state index is 0.0312. The lowest BCUT2D eigenvalue weighted by atomic mass is 10.2. The van der Waals surface area contributed by atoms with E-state index in [1.54, 1.807) is 6.92 Å². The van der Waals surface area contributed by atoms with Crippen molar-refractivity contribution in [3.8, 4) is 0 Å². The fourth-order valence-electron chi connectivity index (χ4n) is 1.59. The molecule has 0 spiro atoms. The van der Waals surface area contributed by atoms with Crippen LogP contribution in [-0.4, -0.2) is 47.1 Å². The SMILES string of the molecule is CCNc1nccc(C(=O)N(CC)CCO)c1F. The first-order chi connectivity index (χ1) is 8.65. The average molecular weight is 255 g/mol. The summed E-state index contributed by atoms with van der Waals surface area (Å²) in [6.07, 6.45) is 1.39. The van der Waals surface area contributed by atoms with E-state index in [9.17, 15) is 9.18 Å². The Balaban J connectivity index is 3.01. The van der Waals surface area contributed by atoms with Gasteiger partial charge in [-0.25, -0.2) is 9.37 Å². The van der Waals surface area contributed by atoms with Gasteiger partial charge in [-0.2, -0.15) is 0 Å². The van der Waals surface area contributed by atoms with Crippen molar-refractivity contribution in [3.63, 3.8) is 0 Å². The number of anilines is 1. The molecule has 6 heteroatoms. The number of aliphatic hydroxyl groups excluding tert-OH is 1. The minimum Gasteiger partial charge on any atom is -0.395 e. The highest BCUT2D eigenvalue weighted by Gasteiger charge is 2.20. The van der Waals surface area contributed by atoms with E-state index in [1.165, 1.54) is 17.2 Å². The maximum Gasteiger partial charge on any atom is 0.257 e. The zero-order chi connectivity index (χ0) is 13.5. The van der Waals surface area contributed by atoms with E-state index in [2.05, 4.69) is 10.3 Å². The molecular weight excluding hydrogens is 237 g/mol. The molecule has 2 N–H and O–H groups in total. The first-order valence-electron chi connectivity index (χ1n) is 5.94. The molecule has 1 amide bonds. The monoisotopic (exact) mass is 255 g/mol. The van der Waals surface area contributed by atoms with Gasteiger partial charge in [0.2, 0.25) is 0 Å². The van der Waals surface area contributed by atoms with Crippen LogP contribution in [-0.2, 0) is 0 Å². The summed E-state index contributed by atoms with van der Waals surface area (Å²) in [6.45, 7) is 4.57. The number of aromatic nitrogens is 1. The maximum absolute atomic E-state index is 14.0. The van der Waals surface area contributed by atoms with E-state index in [-0.39, 0.29) is 24.5 Å². The first kappa shape index (κ1) is 14.4. The van der Waals surface area contributed by atoms with Gasteiger partial charge in [-0.3, -0.25) is 4.79 Å². The molecule has 0 radical (unpaired) electrons. The minimum atomic E-state index is -0.652. The number of nitrogens with zero attached hydrogens (tertiary/aromatic N) is 2. The lowest BCUT2D eigenvalue weighted by molar-refractivity contribution is 0.0727. The van der Waals surface area contributed by atoms with Gasteiger partial charge in [0.1, 0.15) is 0 Å². The van der Waals surface area contributed by atoms with Gasteiger partial charge in [-0.05, 0) is 19.9 Å². The fourth-order valence-corrected chi connectivity index (χ4v) is 1.59. The Kier molecular flexibility index (Phi) is 5.51. The highest BCUT2D eigenvalue weighted by Crippen LogP contribution is 2.16. The summed E-state index contributed by atoms with van der Waals surface area (Å²) in [5, 5.41) is 11.6. The number of hydrogen-bond acceptors (Lipinski definition) is 4. The molecule has 18 heavy (non-hydrogen) atoms. The number of pyridine rings is 1. The third kappa shape index (κ3) is 3.16. The number of likely N-dealkylation sites (N-methyl/N-ethyl adjacent to an activating group) is 1. The molecule has 1 rings (SSSR count). The number of rotatable bonds is 6. The van der Waals surface area contributed by atoms with Gasteiger partial charge in [0.25, 0.3) is 5.91 Å². The number of carbonyl (C=O) groups is 1. The van der Waals surface area contributed by atoms with E-state index in [1.807, 2.05) is 6.92 Å². The summed E-state index contributed by atoms with van der Waals surface area (Å²) < 4.78 is 14.0. The largest absolute Gasteiger partial charge is 0.395 e. The number of carbonyl (C=O) groups excluding carboxylic acids is 1. The number of halogens is 1. The molecule has 0 bridgehead atoms. The lowest BCUT2D eigenvalue weighted by Crippen LogP contribution is -2.34. The van der Waals surface area contributed by atoms with E-state index >= 15 is 0 Å². The molecule has 0 saturated heterocycles. The van der Waals surface area contributed by atoms with E-state index in [0.717, 1.165) is 0 Å². The summed E-state index contributed by atoms with van der Waals surface area (Å²) in [5.41, 5.74) is -0.0312. The van der Waals surface area contributed by atoms with E-state index in [4.69, 9.17) is 5.11 Å². The number of aliphatic hydroxyl groups is 1. The normalized spacial score (nSPS) is 10.2. The average Bonchev–Trinajstić information content (AvgIpc) is 2.38. The van der Waals surface area contributed by atoms with E-state index < -0.39 is 11.7 Å². The zero-order valence-electron chi connectivity index (χ0n) is 10.6.